The van der Waals surface area contributed by atoms with Crippen molar-refractivity contribution in [2.45, 2.75) is 31.6 Å². The standard InChI is InChI=1S/C27H25FN2O/c1-2-17-3-5-19(6-4-17)27(31)30-16-18-11-20-13-22(14-21(20)12-18)24-9-10-29-26-8-7-23(28)15-25(24)26/h1,3-10,15,18,20-22H,11-14,16H2,(H,30,31)/t18-,20-,21+,22+. The van der Waals surface area contributed by atoms with Crippen LogP contribution in [-0.2, 0) is 0 Å². The van der Waals surface area contributed by atoms with Crippen molar-refractivity contribution in [2.24, 2.45) is 17.8 Å². The summed E-state index contributed by atoms with van der Waals surface area (Å²) in [4.78, 5) is 16.8. The maximum Gasteiger partial charge on any atom is 0.251 e. The van der Waals surface area contributed by atoms with Gasteiger partial charge in [-0.15, -0.1) is 6.42 Å². The van der Waals surface area contributed by atoms with Crippen molar-refractivity contribution in [3.63, 3.8) is 0 Å². The third-order valence-corrected chi connectivity index (χ3v) is 7.16. The fourth-order valence-corrected chi connectivity index (χ4v) is 5.72. The van der Waals surface area contributed by atoms with Crippen molar-refractivity contribution >= 4 is 16.8 Å². The zero-order valence-electron chi connectivity index (χ0n) is 17.4. The lowest BCUT2D eigenvalue weighted by Gasteiger charge is -2.17. The van der Waals surface area contributed by atoms with Gasteiger partial charge in [-0.1, -0.05) is 5.92 Å². The summed E-state index contributed by atoms with van der Waals surface area (Å²) in [5.41, 5.74) is 3.53. The first kappa shape index (κ1) is 19.8. The highest BCUT2D eigenvalue weighted by atomic mass is 19.1. The van der Waals surface area contributed by atoms with Gasteiger partial charge in [0.05, 0.1) is 5.52 Å². The zero-order chi connectivity index (χ0) is 21.4. The van der Waals surface area contributed by atoms with Crippen molar-refractivity contribution in [1.82, 2.24) is 10.3 Å². The molecule has 4 atom stereocenters. The summed E-state index contributed by atoms with van der Waals surface area (Å²) in [7, 11) is 0. The van der Waals surface area contributed by atoms with Gasteiger partial charge in [0.15, 0.2) is 0 Å². The van der Waals surface area contributed by atoms with Crippen molar-refractivity contribution in [1.29, 1.82) is 0 Å². The highest BCUT2D eigenvalue weighted by Gasteiger charge is 2.42. The number of terminal acetylenes is 1. The third kappa shape index (κ3) is 3.93. The van der Waals surface area contributed by atoms with E-state index in [1.807, 2.05) is 6.20 Å². The summed E-state index contributed by atoms with van der Waals surface area (Å²) >= 11 is 0. The minimum absolute atomic E-state index is 0.0382. The quantitative estimate of drug-likeness (QED) is 0.591. The summed E-state index contributed by atoms with van der Waals surface area (Å²) in [5, 5.41) is 4.05. The number of aromatic nitrogens is 1. The molecule has 0 radical (unpaired) electrons. The van der Waals surface area contributed by atoms with E-state index in [0.29, 0.717) is 29.2 Å². The molecule has 156 valence electrons. The van der Waals surface area contributed by atoms with Crippen molar-refractivity contribution in [3.05, 3.63) is 77.2 Å². The Labute approximate surface area is 182 Å². The van der Waals surface area contributed by atoms with E-state index >= 15 is 0 Å². The molecule has 4 heteroatoms. The van der Waals surface area contributed by atoms with E-state index in [2.05, 4.69) is 22.3 Å². The second-order valence-corrected chi connectivity index (χ2v) is 9.02. The molecular formula is C27H25FN2O. The van der Waals surface area contributed by atoms with E-state index in [-0.39, 0.29) is 11.7 Å². The zero-order valence-corrected chi connectivity index (χ0v) is 17.4. The Hall–Kier alpha value is -3.19. The lowest BCUT2D eigenvalue weighted by atomic mass is 9.90. The van der Waals surface area contributed by atoms with Gasteiger partial charge in [-0.3, -0.25) is 9.78 Å². The second kappa shape index (κ2) is 8.15. The van der Waals surface area contributed by atoms with Gasteiger partial charge in [-0.05, 0) is 103 Å². The Kier molecular flexibility index (Phi) is 5.19. The van der Waals surface area contributed by atoms with Crippen LogP contribution in [-0.4, -0.2) is 17.4 Å². The van der Waals surface area contributed by atoms with E-state index in [0.717, 1.165) is 48.7 Å². The number of fused-ring (bicyclic) bond motifs is 2. The Morgan fingerprint density at radius 1 is 1.06 bits per heavy atom. The smallest absolute Gasteiger partial charge is 0.251 e. The fourth-order valence-electron chi connectivity index (χ4n) is 5.72. The van der Waals surface area contributed by atoms with E-state index in [1.165, 1.54) is 11.6 Å². The summed E-state index contributed by atoms with van der Waals surface area (Å²) in [6.07, 6.45) is 11.8. The maximum atomic E-state index is 13.8. The molecule has 0 bridgehead atoms. The first-order valence-electron chi connectivity index (χ1n) is 11.0. The first-order valence-corrected chi connectivity index (χ1v) is 11.0. The van der Waals surface area contributed by atoms with Crippen LogP contribution in [0, 0.1) is 35.9 Å². The van der Waals surface area contributed by atoms with Crippen LogP contribution >= 0.6 is 0 Å². The molecule has 2 saturated carbocycles. The lowest BCUT2D eigenvalue weighted by molar-refractivity contribution is 0.0946. The number of halogens is 1. The fraction of sp³-hybridized carbons (Fsp3) is 0.333. The molecule has 2 aromatic carbocycles. The number of hydrogen-bond donors (Lipinski definition) is 1. The van der Waals surface area contributed by atoms with Crippen LogP contribution in [0.15, 0.2) is 54.7 Å². The van der Waals surface area contributed by atoms with Gasteiger partial charge in [-0.2, -0.15) is 0 Å². The topological polar surface area (TPSA) is 42.0 Å². The number of amides is 1. The van der Waals surface area contributed by atoms with Crippen molar-refractivity contribution < 1.29 is 9.18 Å². The van der Waals surface area contributed by atoms with Gasteiger partial charge in [0.1, 0.15) is 5.82 Å². The molecule has 1 amide bonds. The van der Waals surface area contributed by atoms with Gasteiger partial charge >= 0.3 is 0 Å². The van der Waals surface area contributed by atoms with Crippen LogP contribution in [0.5, 0.6) is 0 Å². The summed E-state index contributed by atoms with van der Waals surface area (Å²) in [6.45, 7) is 0.719. The van der Waals surface area contributed by atoms with Gasteiger partial charge in [0, 0.05) is 29.3 Å². The van der Waals surface area contributed by atoms with E-state index in [1.54, 1.807) is 36.4 Å². The number of hydrogen-bond acceptors (Lipinski definition) is 2. The molecule has 2 aliphatic carbocycles. The summed E-state index contributed by atoms with van der Waals surface area (Å²) in [6, 6.07) is 14.1. The normalized spacial score (nSPS) is 24.6. The Balaban J connectivity index is 1.19. The Morgan fingerprint density at radius 3 is 2.52 bits per heavy atom. The second-order valence-electron chi connectivity index (χ2n) is 9.02. The Bertz CT molecular complexity index is 1150. The average Bonchev–Trinajstić information content (AvgIpc) is 3.36. The number of pyridine rings is 1. The van der Waals surface area contributed by atoms with Crippen molar-refractivity contribution in [2.75, 3.05) is 6.54 Å². The number of benzene rings is 2. The van der Waals surface area contributed by atoms with Gasteiger partial charge < -0.3 is 5.32 Å². The molecule has 31 heavy (non-hydrogen) atoms. The van der Waals surface area contributed by atoms with Crippen LogP contribution in [0.4, 0.5) is 4.39 Å². The van der Waals surface area contributed by atoms with Crippen molar-refractivity contribution in [3.8, 4) is 12.3 Å². The number of nitrogens with zero attached hydrogens (tertiary/aromatic N) is 1. The summed E-state index contributed by atoms with van der Waals surface area (Å²) < 4.78 is 13.8. The lowest BCUT2D eigenvalue weighted by Crippen LogP contribution is -2.28. The van der Waals surface area contributed by atoms with Crippen LogP contribution in [0.1, 0.15) is 53.1 Å². The summed E-state index contributed by atoms with van der Waals surface area (Å²) in [5.74, 6) is 4.67. The number of nitrogens with one attached hydrogen (secondary N) is 1. The largest absolute Gasteiger partial charge is 0.352 e. The number of carbonyl (C=O) groups is 1. The molecule has 1 N–H and O–H groups in total. The predicted octanol–water partition coefficient (Wildman–Crippen LogP) is 5.31. The van der Waals surface area contributed by atoms with Crippen LogP contribution < -0.4 is 5.32 Å². The molecule has 0 aliphatic heterocycles. The van der Waals surface area contributed by atoms with E-state index < -0.39 is 0 Å². The molecule has 3 nitrogen and oxygen atoms in total. The van der Waals surface area contributed by atoms with E-state index in [4.69, 9.17) is 6.42 Å². The highest BCUT2D eigenvalue weighted by Crippen LogP contribution is 2.53. The Morgan fingerprint density at radius 2 is 1.81 bits per heavy atom. The molecule has 0 spiro atoms. The van der Waals surface area contributed by atoms with Gasteiger partial charge in [0.2, 0.25) is 0 Å². The van der Waals surface area contributed by atoms with Crippen LogP contribution in [0.25, 0.3) is 10.9 Å². The molecule has 5 rings (SSSR count). The van der Waals surface area contributed by atoms with Crippen LogP contribution in [0.2, 0.25) is 0 Å². The highest BCUT2D eigenvalue weighted by molar-refractivity contribution is 5.94. The van der Waals surface area contributed by atoms with Gasteiger partial charge in [0.25, 0.3) is 5.91 Å². The predicted molar refractivity (Wildman–Crippen MR) is 120 cm³/mol. The van der Waals surface area contributed by atoms with E-state index in [9.17, 15) is 9.18 Å². The SMILES string of the molecule is C#Cc1ccc(C(=O)NC[C@@H]2C[C@@H]3C[C@H](c4ccnc5ccc(F)cc45)C[C@@H]3C2)cc1. The molecular weight excluding hydrogens is 387 g/mol. The maximum absolute atomic E-state index is 13.8. The molecule has 1 heterocycles. The monoisotopic (exact) mass is 412 g/mol. The molecule has 0 saturated heterocycles. The molecule has 3 aromatic rings. The van der Waals surface area contributed by atoms with Gasteiger partial charge in [-0.25, -0.2) is 4.39 Å². The molecule has 2 aliphatic rings. The minimum atomic E-state index is -0.204. The number of carbonyl (C=O) groups excluding carboxylic acids is 1. The molecule has 1 aromatic heterocycles. The third-order valence-electron chi connectivity index (χ3n) is 7.16. The number of rotatable bonds is 4. The molecule has 2 fully saturated rings. The first-order chi connectivity index (χ1) is 15.1. The molecule has 0 unspecified atom stereocenters. The minimum Gasteiger partial charge on any atom is -0.352 e. The average molecular weight is 413 g/mol. The van der Waals surface area contributed by atoms with Crippen LogP contribution in [0.3, 0.4) is 0 Å².